The molecular weight excluding hydrogens is 411 g/mol. The number of aliphatic imine (C=N–C) groups is 1. The van der Waals surface area contributed by atoms with Gasteiger partial charge in [-0.2, -0.15) is 0 Å². The van der Waals surface area contributed by atoms with Crippen molar-refractivity contribution in [3.05, 3.63) is 82.7 Å². The van der Waals surface area contributed by atoms with E-state index in [0.29, 0.717) is 28.1 Å². The number of hydrogen-bond acceptors (Lipinski definition) is 4. The quantitative estimate of drug-likeness (QED) is 0.401. The minimum atomic E-state index is -0.293. The lowest BCUT2D eigenvalue weighted by molar-refractivity contribution is -0.122. The first kappa shape index (κ1) is 21.1. The second-order valence-corrected chi connectivity index (χ2v) is 8.37. The number of furan rings is 1. The number of amides is 1. The van der Waals surface area contributed by atoms with Gasteiger partial charge in [0.25, 0.3) is 5.91 Å². The molecule has 158 valence electrons. The number of rotatable bonds is 6. The zero-order valence-electron chi connectivity index (χ0n) is 17.5. The minimum absolute atomic E-state index is 0.0657. The molecule has 1 aliphatic rings. The number of benzene rings is 2. The van der Waals surface area contributed by atoms with Gasteiger partial charge in [-0.05, 0) is 73.6 Å². The second kappa shape index (κ2) is 9.35. The van der Waals surface area contributed by atoms with Gasteiger partial charge in [0.05, 0.1) is 10.6 Å². The van der Waals surface area contributed by atoms with Crippen LogP contribution in [0.2, 0.25) is 0 Å². The van der Waals surface area contributed by atoms with E-state index in [0.717, 1.165) is 29.7 Å². The fraction of sp³-hybridized carbons (Fsp3) is 0.200. The van der Waals surface area contributed by atoms with Crippen molar-refractivity contribution in [1.29, 1.82) is 0 Å². The number of thioether (sulfide) groups is 1. The van der Waals surface area contributed by atoms with Crippen LogP contribution in [-0.2, 0) is 4.79 Å². The Kier molecular flexibility index (Phi) is 6.37. The number of halogens is 1. The van der Waals surface area contributed by atoms with E-state index in [2.05, 4.69) is 6.92 Å². The second-order valence-electron chi connectivity index (χ2n) is 7.36. The number of carbonyl (C=O) groups excluding carboxylic acids is 1. The highest BCUT2D eigenvalue weighted by Gasteiger charge is 2.33. The van der Waals surface area contributed by atoms with E-state index in [1.807, 2.05) is 43.3 Å². The minimum Gasteiger partial charge on any atom is -0.457 e. The van der Waals surface area contributed by atoms with E-state index < -0.39 is 0 Å². The SMILES string of the molecule is CCCCN1C(=O)/C(=C\c2ccc(-c3ccc(F)cc3)o2)SC1=Nc1ccc(C)cc1. The van der Waals surface area contributed by atoms with E-state index in [1.165, 1.54) is 23.9 Å². The lowest BCUT2D eigenvalue weighted by atomic mass is 10.2. The average molecular weight is 435 g/mol. The summed E-state index contributed by atoms with van der Waals surface area (Å²) in [5.41, 5.74) is 2.76. The first-order valence-electron chi connectivity index (χ1n) is 10.3. The van der Waals surface area contributed by atoms with Crippen molar-refractivity contribution in [3.63, 3.8) is 0 Å². The van der Waals surface area contributed by atoms with Crippen LogP contribution in [0.1, 0.15) is 31.1 Å². The third kappa shape index (κ3) is 4.97. The highest BCUT2D eigenvalue weighted by molar-refractivity contribution is 8.18. The predicted octanol–water partition coefficient (Wildman–Crippen LogP) is 6.80. The maximum absolute atomic E-state index is 13.2. The highest BCUT2D eigenvalue weighted by atomic mass is 32.2. The van der Waals surface area contributed by atoms with Gasteiger partial charge in [-0.25, -0.2) is 9.38 Å². The van der Waals surface area contributed by atoms with Gasteiger partial charge >= 0.3 is 0 Å². The molecule has 0 spiro atoms. The summed E-state index contributed by atoms with van der Waals surface area (Å²) in [6, 6.07) is 17.7. The van der Waals surface area contributed by atoms with Gasteiger partial charge in [0.15, 0.2) is 5.17 Å². The summed E-state index contributed by atoms with van der Waals surface area (Å²) in [5, 5.41) is 0.680. The molecular formula is C25H23FN2O2S. The first-order chi connectivity index (χ1) is 15.0. The molecule has 3 aromatic rings. The standard InChI is InChI=1S/C25H23FN2O2S/c1-3-4-15-28-24(29)23(31-25(28)27-20-11-5-17(2)6-12-20)16-21-13-14-22(30-21)18-7-9-19(26)10-8-18/h5-14,16H,3-4,15H2,1-2H3/b23-16+,27-25?. The summed E-state index contributed by atoms with van der Waals surface area (Å²) < 4.78 is 19.0. The Hall–Kier alpha value is -3.12. The molecule has 0 saturated carbocycles. The smallest absolute Gasteiger partial charge is 0.266 e. The topological polar surface area (TPSA) is 45.8 Å². The number of carbonyl (C=O) groups is 1. The van der Waals surface area contributed by atoms with Crippen LogP contribution in [0.4, 0.5) is 10.1 Å². The molecule has 1 amide bonds. The van der Waals surface area contributed by atoms with Gasteiger partial charge in [-0.1, -0.05) is 31.0 Å². The summed E-state index contributed by atoms with van der Waals surface area (Å²) in [6.45, 7) is 4.76. The highest BCUT2D eigenvalue weighted by Crippen LogP contribution is 2.35. The lowest BCUT2D eigenvalue weighted by Crippen LogP contribution is -2.30. The maximum Gasteiger partial charge on any atom is 0.266 e. The van der Waals surface area contributed by atoms with Crippen molar-refractivity contribution in [2.75, 3.05) is 6.54 Å². The van der Waals surface area contributed by atoms with Crippen LogP contribution in [0.3, 0.4) is 0 Å². The molecule has 1 aliphatic heterocycles. The average Bonchev–Trinajstić information content (AvgIpc) is 3.34. The summed E-state index contributed by atoms with van der Waals surface area (Å²) in [5.74, 6) is 0.836. The van der Waals surface area contributed by atoms with Crippen molar-refractivity contribution in [2.45, 2.75) is 26.7 Å². The van der Waals surface area contributed by atoms with Crippen molar-refractivity contribution in [3.8, 4) is 11.3 Å². The van der Waals surface area contributed by atoms with Crippen LogP contribution in [0.5, 0.6) is 0 Å². The van der Waals surface area contributed by atoms with Crippen LogP contribution in [-0.4, -0.2) is 22.5 Å². The fourth-order valence-corrected chi connectivity index (χ4v) is 4.17. The first-order valence-corrected chi connectivity index (χ1v) is 11.1. The molecule has 0 atom stereocenters. The van der Waals surface area contributed by atoms with E-state index in [9.17, 15) is 9.18 Å². The van der Waals surface area contributed by atoms with Gasteiger partial charge in [-0.15, -0.1) is 0 Å². The molecule has 4 nitrogen and oxygen atoms in total. The number of hydrogen-bond donors (Lipinski definition) is 0. The molecule has 0 aliphatic carbocycles. The van der Waals surface area contributed by atoms with Crippen LogP contribution in [0.15, 0.2) is 75.0 Å². The summed E-state index contributed by atoms with van der Waals surface area (Å²) in [4.78, 5) is 20.1. The molecule has 2 heterocycles. The monoisotopic (exact) mass is 434 g/mol. The van der Waals surface area contributed by atoms with Gasteiger partial charge < -0.3 is 4.42 Å². The van der Waals surface area contributed by atoms with Gasteiger partial charge in [0.1, 0.15) is 17.3 Å². The van der Waals surface area contributed by atoms with E-state index >= 15 is 0 Å². The third-order valence-corrected chi connectivity index (χ3v) is 5.92. The summed E-state index contributed by atoms with van der Waals surface area (Å²) in [7, 11) is 0. The Morgan fingerprint density at radius 3 is 2.52 bits per heavy atom. The molecule has 6 heteroatoms. The Bertz CT molecular complexity index is 1130. The van der Waals surface area contributed by atoms with Crippen molar-refractivity contribution in [2.24, 2.45) is 4.99 Å². The normalized spacial score (nSPS) is 16.6. The van der Waals surface area contributed by atoms with Crippen LogP contribution < -0.4 is 0 Å². The molecule has 1 fully saturated rings. The summed E-state index contributed by atoms with van der Waals surface area (Å²) in [6.07, 6.45) is 3.64. The molecule has 0 N–H and O–H groups in total. The molecule has 4 rings (SSSR count). The molecule has 31 heavy (non-hydrogen) atoms. The Morgan fingerprint density at radius 2 is 1.81 bits per heavy atom. The molecule has 1 saturated heterocycles. The van der Waals surface area contributed by atoms with Gasteiger partial charge in [0.2, 0.25) is 0 Å². The predicted molar refractivity (Wildman–Crippen MR) is 125 cm³/mol. The zero-order chi connectivity index (χ0) is 21.8. The van der Waals surface area contributed by atoms with Crippen LogP contribution in [0, 0.1) is 12.7 Å². The van der Waals surface area contributed by atoms with Crippen LogP contribution in [0.25, 0.3) is 17.4 Å². The Morgan fingerprint density at radius 1 is 1.06 bits per heavy atom. The molecule has 0 bridgehead atoms. The van der Waals surface area contributed by atoms with E-state index in [4.69, 9.17) is 9.41 Å². The van der Waals surface area contributed by atoms with Crippen LogP contribution >= 0.6 is 11.8 Å². The number of nitrogens with zero attached hydrogens (tertiary/aromatic N) is 2. The van der Waals surface area contributed by atoms with Crippen molar-refractivity contribution < 1.29 is 13.6 Å². The van der Waals surface area contributed by atoms with Crippen molar-refractivity contribution in [1.82, 2.24) is 4.90 Å². The summed E-state index contributed by atoms with van der Waals surface area (Å²) >= 11 is 1.36. The van der Waals surface area contributed by atoms with Gasteiger partial charge in [-0.3, -0.25) is 9.69 Å². The van der Waals surface area contributed by atoms with E-state index in [-0.39, 0.29) is 11.7 Å². The van der Waals surface area contributed by atoms with Gasteiger partial charge in [0, 0.05) is 18.2 Å². The molecule has 0 unspecified atom stereocenters. The molecule has 1 aromatic heterocycles. The largest absolute Gasteiger partial charge is 0.457 e. The third-order valence-electron chi connectivity index (χ3n) is 4.91. The number of unbranched alkanes of at least 4 members (excludes halogenated alkanes) is 1. The number of amidine groups is 1. The zero-order valence-corrected chi connectivity index (χ0v) is 18.3. The Labute approximate surface area is 185 Å². The molecule has 2 aromatic carbocycles. The lowest BCUT2D eigenvalue weighted by Gasteiger charge is -2.14. The Balaban J connectivity index is 1.61. The van der Waals surface area contributed by atoms with E-state index in [1.54, 1.807) is 23.1 Å². The van der Waals surface area contributed by atoms with Crippen molar-refractivity contribution >= 4 is 34.6 Å². The fourth-order valence-electron chi connectivity index (χ4n) is 3.16. The number of aryl methyl sites for hydroxylation is 1. The molecule has 0 radical (unpaired) electrons. The maximum atomic E-state index is 13.2.